The van der Waals surface area contributed by atoms with Crippen LogP contribution in [0.3, 0.4) is 0 Å². The van der Waals surface area contributed by atoms with Crippen molar-refractivity contribution in [2.45, 2.75) is 6.04 Å². The summed E-state index contributed by atoms with van der Waals surface area (Å²) in [5.41, 5.74) is 0. The molecule has 0 bridgehead atoms. The van der Waals surface area contributed by atoms with E-state index in [9.17, 15) is 0 Å². The second-order valence-electron chi connectivity index (χ2n) is 1.87. The van der Waals surface area contributed by atoms with Crippen LogP contribution in [-0.4, -0.2) is 7.05 Å². The zero-order chi connectivity index (χ0) is 7.40. The van der Waals surface area contributed by atoms with E-state index in [0.29, 0.717) is 5.76 Å². The monoisotopic (exact) mass is 172 g/mol. The molecule has 1 aromatic heterocycles. The van der Waals surface area contributed by atoms with E-state index in [1.807, 2.05) is 6.07 Å². The molecule has 0 aliphatic heterocycles. The number of halogens is 1. The largest absolute Gasteiger partial charge is 0.467 e. The van der Waals surface area contributed by atoms with Crippen LogP contribution in [-0.2, 0) is 0 Å². The van der Waals surface area contributed by atoms with E-state index in [1.165, 1.54) is 0 Å². The highest BCUT2D eigenvalue weighted by molar-refractivity contribution is 5.85. The van der Waals surface area contributed by atoms with Crippen molar-refractivity contribution in [1.82, 2.24) is 5.32 Å². The molecule has 1 N–H and O–H groups in total. The van der Waals surface area contributed by atoms with Crippen LogP contribution in [0.1, 0.15) is 11.8 Å². The van der Waals surface area contributed by atoms with Gasteiger partial charge in [-0.15, -0.1) is 12.4 Å². The van der Waals surface area contributed by atoms with Crippen LogP contribution in [0.5, 0.6) is 0 Å². The first kappa shape index (κ1) is 10.0. The van der Waals surface area contributed by atoms with Gasteiger partial charge in [0.15, 0.2) is 6.04 Å². The lowest BCUT2D eigenvalue weighted by atomic mass is 10.2. The fourth-order valence-corrected chi connectivity index (χ4v) is 0.726. The molecule has 0 aromatic carbocycles. The van der Waals surface area contributed by atoms with Gasteiger partial charge < -0.3 is 4.42 Å². The fraction of sp³-hybridized carbons (Fsp3) is 0.286. The van der Waals surface area contributed by atoms with Gasteiger partial charge in [0.05, 0.1) is 12.3 Å². The summed E-state index contributed by atoms with van der Waals surface area (Å²) in [4.78, 5) is 0. The average Bonchev–Trinajstić information content (AvgIpc) is 2.43. The summed E-state index contributed by atoms with van der Waals surface area (Å²) in [6.07, 6.45) is 1.55. The van der Waals surface area contributed by atoms with Crippen LogP contribution >= 0.6 is 12.4 Å². The zero-order valence-corrected chi connectivity index (χ0v) is 6.89. The molecule has 0 saturated heterocycles. The van der Waals surface area contributed by atoms with E-state index in [4.69, 9.17) is 9.68 Å². The van der Waals surface area contributed by atoms with Gasteiger partial charge in [-0.3, -0.25) is 5.32 Å². The Labute approximate surface area is 71.4 Å². The Balaban J connectivity index is 0.000001000. The van der Waals surface area contributed by atoms with E-state index in [1.54, 1.807) is 25.4 Å². The molecule has 1 unspecified atom stereocenters. The third-order valence-electron chi connectivity index (χ3n) is 1.25. The van der Waals surface area contributed by atoms with Crippen LogP contribution in [0.25, 0.3) is 0 Å². The molecule has 1 heterocycles. The summed E-state index contributed by atoms with van der Waals surface area (Å²) in [5.74, 6) is 0.657. The number of furan rings is 1. The standard InChI is InChI=1S/C7H8N2O.ClH/c1-9-6(5-8)7-3-2-4-10-7;/h2-4,6,9H,1H3;1H. The molecule has 1 aromatic rings. The first-order valence-electron chi connectivity index (χ1n) is 2.98. The van der Waals surface area contributed by atoms with Gasteiger partial charge in [0, 0.05) is 0 Å². The summed E-state index contributed by atoms with van der Waals surface area (Å²) in [6, 6.07) is 5.25. The summed E-state index contributed by atoms with van der Waals surface area (Å²) in [5, 5.41) is 11.3. The molecular weight excluding hydrogens is 164 g/mol. The number of nitrogens with one attached hydrogen (secondary N) is 1. The smallest absolute Gasteiger partial charge is 0.154 e. The van der Waals surface area contributed by atoms with Gasteiger partial charge in [-0.05, 0) is 19.2 Å². The van der Waals surface area contributed by atoms with Crippen molar-refractivity contribution in [3.63, 3.8) is 0 Å². The SMILES string of the molecule is CNC(C#N)c1ccco1.Cl. The van der Waals surface area contributed by atoms with Gasteiger partial charge in [-0.2, -0.15) is 5.26 Å². The first-order chi connectivity index (χ1) is 4.88. The van der Waals surface area contributed by atoms with E-state index in [2.05, 4.69) is 5.32 Å². The second-order valence-corrected chi connectivity index (χ2v) is 1.87. The van der Waals surface area contributed by atoms with Gasteiger partial charge in [-0.25, -0.2) is 0 Å². The molecule has 0 saturated carbocycles. The van der Waals surface area contributed by atoms with Crippen molar-refractivity contribution in [2.75, 3.05) is 7.05 Å². The van der Waals surface area contributed by atoms with Gasteiger partial charge in [-0.1, -0.05) is 0 Å². The quantitative estimate of drug-likeness (QED) is 0.735. The van der Waals surface area contributed by atoms with Gasteiger partial charge >= 0.3 is 0 Å². The maximum absolute atomic E-state index is 8.53. The molecule has 0 amide bonds. The highest BCUT2D eigenvalue weighted by atomic mass is 35.5. The maximum atomic E-state index is 8.53. The van der Waals surface area contributed by atoms with Crippen LogP contribution in [0.15, 0.2) is 22.8 Å². The van der Waals surface area contributed by atoms with E-state index in [0.717, 1.165) is 0 Å². The van der Waals surface area contributed by atoms with Crippen LogP contribution in [0.2, 0.25) is 0 Å². The van der Waals surface area contributed by atoms with Crippen molar-refractivity contribution in [1.29, 1.82) is 5.26 Å². The molecule has 1 rings (SSSR count). The highest BCUT2D eigenvalue weighted by Crippen LogP contribution is 2.10. The zero-order valence-electron chi connectivity index (χ0n) is 6.07. The number of hydrogen-bond donors (Lipinski definition) is 1. The Bertz CT molecular complexity index is 227. The van der Waals surface area contributed by atoms with Gasteiger partial charge in [0.25, 0.3) is 0 Å². The van der Waals surface area contributed by atoms with E-state index >= 15 is 0 Å². The maximum Gasteiger partial charge on any atom is 0.154 e. The lowest BCUT2D eigenvalue weighted by Gasteiger charge is -2.00. The predicted molar refractivity (Wildman–Crippen MR) is 43.4 cm³/mol. The van der Waals surface area contributed by atoms with Crippen molar-refractivity contribution in [2.24, 2.45) is 0 Å². The average molecular weight is 173 g/mol. The number of nitrogens with zero attached hydrogens (tertiary/aromatic N) is 1. The Morgan fingerprint density at radius 3 is 2.82 bits per heavy atom. The summed E-state index contributed by atoms with van der Waals surface area (Å²) in [7, 11) is 1.72. The lowest BCUT2D eigenvalue weighted by Crippen LogP contribution is -2.12. The van der Waals surface area contributed by atoms with Crippen molar-refractivity contribution in [3.05, 3.63) is 24.2 Å². The number of hydrogen-bond acceptors (Lipinski definition) is 3. The van der Waals surface area contributed by atoms with E-state index in [-0.39, 0.29) is 18.4 Å². The molecule has 1 atom stereocenters. The minimum Gasteiger partial charge on any atom is -0.467 e. The molecule has 60 valence electrons. The Kier molecular flexibility index (Phi) is 4.35. The molecule has 3 nitrogen and oxygen atoms in total. The van der Waals surface area contributed by atoms with Crippen LogP contribution in [0, 0.1) is 11.3 Å². The molecular formula is C7H9ClN2O. The normalized spacial score (nSPS) is 11.3. The van der Waals surface area contributed by atoms with Crippen molar-refractivity contribution >= 4 is 12.4 Å². The number of rotatable bonds is 2. The molecule has 0 radical (unpaired) electrons. The summed E-state index contributed by atoms with van der Waals surface area (Å²) < 4.78 is 4.99. The molecule has 0 aliphatic rings. The van der Waals surface area contributed by atoms with Gasteiger partial charge in [0.2, 0.25) is 0 Å². The van der Waals surface area contributed by atoms with Crippen LogP contribution in [0.4, 0.5) is 0 Å². The topological polar surface area (TPSA) is 49.0 Å². The first-order valence-corrected chi connectivity index (χ1v) is 2.98. The van der Waals surface area contributed by atoms with Gasteiger partial charge in [0.1, 0.15) is 5.76 Å². The second kappa shape index (κ2) is 4.78. The number of nitriles is 1. The summed E-state index contributed by atoms with van der Waals surface area (Å²) >= 11 is 0. The molecule has 0 fully saturated rings. The minimum atomic E-state index is -0.324. The summed E-state index contributed by atoms with van der Waals surface area (Å²) in [6.45, 7) is 0. The predicted octanol–water partition coefficient (Wildman–Crippen LogP) is 1.49. The third kappa shape index (κ3) is 2.26. The molecule has 0 spiro atoms. The van der Waals surface area contributed by atoms with Crippen molar-refractivity contribution in [3.8, 4) is 6.07 Å². The minimum absolute atomic E-state index is 0. The van der Waals surface area contributed by atoms with Crippen molar-refractivity contribution < 1.29 is 4.42 Å². The third-order valence-corrected chi connectivity index (χ3v) is 1.25. The van der Waals surface area contributed by atoms with Crippen LogP contribution < -0.4 is 5.32 Å². The Morgan fingerprint density at radius 1 is 1.73 bits per heavy atom. The highest BCUT2D eigenvalue weighted by Gasteiger charge is 2.08. The molecule has 4 heteroatoms. The Hall–Kier alpha value is -0.980. The van der Waals surface area contributed by atoms with E-state index < -0.39 is 0 Å². The molecule has 0 aliphatic carbocycles. The Morgan fingerprint density at radius 2 is 2.45 bits per heavy atom. The lowest BCUT2D eigenvalue weighted by molar-refractivity contribution is 0.473. The molecule has 11 heavy (non-hydrogen) atoms. The fourth-order valence-electron chi connectivity index (χ4n) is 0.726.